The summed E-state index contributed by atoms with van der Waals surface area (Å²) < 4.78 is 5.90. The van der Waals surface area contributed by atoms with E-state index < -0.39 is 0 Å². The Hall–Kier alpha value is -1.98. The van der Waals surface area contributed by atoms with E-state index in [1.807, 2.05) is 18.2 Å². The molecule has 0 N–H and O–H groups in total. The molecular weight excluding hydrogens is 292 g/mol. The van der Waals surface area contributed by atoms with Crippen molar-refractivity contribution in [2.75, 3.05) is 0 Å². The lowest BCUT2D eigenvalue weighted by Crippen LogP contribution is -2.14. The molecular formula is C23H34O. The minimum absolute atomic E-state index is 0. The van der Waals surface area contributed by atoms with E-state index in [-0.39, 0.29) is 1.43 Å². The van der Waals surface area contributed by atoms with E-state index in [2.05, 4.69) is 56.7 Å². The van der Waals surface area contributed by atoms with E-state index >= 15 is 0 Å². The average molecular weight is 327 g/mol. The summed E-state index contributed by atoms with van der Waals surface area (Å²) in [6.07, 6.45) is 12.1. The van der Waals surface area contributed by atoms with Gasteiger partial charge >= 0.3 is 0 Å². The van der Waals surface area contributed by atoms with Crippen LogP contribution in [0, 0.1) is 11.8 Å². The molecule has 1 fully saturated rings. The average Bonchev–Trinajstić information content (AvgIpc) is 2.67. The Bertz CT molecular complexity index is 520. The molecule has 0 bridgehead atoms. The quantitative estimate of drug-likeness (QED) is 0.295. The third kappa shape index (κ3) is 7.53. The smallest absolute Gasteiger partial charge is 0.138 e. The second-order valence-corrected chi connectivity index (χ2v) is 6.20. The van der Waals surface area contributed by atoms with Crippen LogP contribution in [0.5, 0.6) is 0 Å². The molecule has 0 aromatic heterocycles. The molecule has 0 heterocycles. The Morgan fingerprint density at radius 3 is 2.46 bits per heavy atom. The number of benzene rings is 1. The zero-order chi connectivity index (χ0) is 17.6. The molecule has 2 rings (SSSR count). The van der Waals surface area contributed by atoms with Crippen LogP contribution in [-0.4, -0.2) is 0 Å². The van der Waals surface area contributed by atoms with Gasteiger partial charge in [0.05, 0.1) is 0 Å². The molecule has 24 heavy (non-hydrogen) atoms. The summed E-state index contributed by atoms with van der Waals surface area (Å²) in [5.41, 5.74) is 4.19. The number of hydrogen-bond acceptors (Lipinski definition) is 1. The summed E-state index contributed by atoms with van der Waals surface area (Å²) in [6.45, 7) is 12.6. The first-order valence-electron chi connectivity index (χ1n) is 9.04. The summed E-state index contributed by atoms with van der Waals surface area (Å²) in [6, 6.07) is 10.3. The van der Waals surface area contributed by atoms with E-state index in [1.165, 1.54) is 31.2 Å². The summed E-state index contributed by atoms with van der Waals surface area (Å²) >= 11 is 0. The molecule has 1 aliphatic carbocycles. The van der Waals surface area contributed by atoms with Crippen molar-refractivity contribution in [2.24, 2.45) is 11.8 Å². The van der Waals surface area contributed by atoms with Gasteiger partial charge in [-0.2, -0.15) is 0 Å². The van der Waals surface area contributed by atoms with E-state index in [4.69, 9.17) is 4.74 Å². The van der Waals surface area contributed by atoms with Gasteiger partial charge < -0.3 is 4.74 Å². The van der Waals surface area contributed by atoms with E-state index in [9.17, 15) is 0 Å². The normalized spacial score (nSPS) is 19.9. The highest BCUT2D eigenvalue weighted by Crippen LogP contribution is 2.33. The summed E-state index contributed by atoms with van der Waals surface area (Å²) in [7, 11) is 0. The standard InChI is InChI=1S/C21H28O.C2H4.H2/c1-3-5-9-18-12-14-19(15-13-18)16-21(4-2)22-17-20-10-7-6-8-11-20;1-2;/h5-11,18-19H,2-3,12-17H2,1H3;1-2H2;1H/b9-5-;;. The highest BCUT2D eigenvalue weighted by atomic mass is 16.5. The molecule has 1 heteroatoms. The van der Waals surface area contributed by atoms with Gasteiger partial charge in [0.1, 0.15) is 12.4 Å². The molecule has 1 saturated carbocycles. The lowest BCUT2D eigenvalue weighted by molar-refractivity contribution is 0.169. The van der Waals surface area contributed by atoms with Gasteiger partial charge in [-0.25, -0.2) is 0 Å². The molecule has 0 unspecified atom stereocenters. The van der Waals surface area contributed by atoms with Crippen LogP contribution < -0.4 is 0 Å². The minimum atomic E-state index is 0. The van der Waals surface area contributed by atoms with Crippen LogP contribution in [0.2, 0.25) is 0 Å². The summed E-state index contributed by atoms with van der Waals surface area (Å²) in [4.78, 5) is 0. The van der Waals surface area contributed by atoms with Crippen molar-refractivity contribution in [2.45, 2.75) is 52.1 Å². The summed E-state index contributed by atoms with van der Waals surface area (Å²) in [5, 5.41) is 0. The van der Waals surface area contributed by atoms with Crippen LogP contribution in [-0.2, 0) is 11.3 Å². The number of hydrogen-bond donors (Lipinski definition) is 0. The Balaban J connectivity index is 0.00000185. The molecule has 1 aromatic rings. The molecule has 1 aromatic carbocycles. The first-order chi connectivity index (χ1) is 11.8. The van der Waals surface area contributed by atoms with Crippen LogP contribution in [0.1, 0.15) is 52.4 Å². The number of rotatable bonds is 7. The zero-order valence-corrected chi connectivity index (χ0v) is 15.2. The number of allylic oxidation sites excluding steroid dienone is 3. The molecule has 0 atom stereocenters. The Morgan fingerprint density at radius 2 is 1.88 bits per heavy atom. The zero-order valence-electron chi connectivity index (χ0n) is 15.2. The lowest BCUT2D eigenvalue weighted by atomic mass is 9.80. The first-order valence-corrected chi connectivity index (χ1v) is 9.04. The van der Waals surface area contributed by atoms with Crippen molar-refractivity contribution in [3.8, 4) is 0 Å². The van der Waals surface area contributed by atoms with Crippen LogP contribution in [0.15, 0.2) is 73.7 Å². The highest BCUT2D eigenvalue weighted by Gasteiger charge is 2.20. The fourth-order valence-corrected chi connectivity index (χ4v) is 3.10. The van der Waals surface area contributed by atoms with Gasteiger partial charge in [-0.1, -0.05) is 61.7 Å². The van der Waals surface area contributed by atoms with E-state index in [0.717, 1.165) is 30.4 Å². The third-order valence-corrected chi connectivity index (χ3v) is 4.46. The topological polar surface area (TPSA) is 9.23 Å². The molecule has 1 aliphatic rings. The van der Waals surface area contributed by atoms with Gasteiger partial charge in [0.2, 0.25) is 0 Å². The molecule has 0 spiro atoms. The second-order valence-electron chi connectivity index (χ2n) is 6.20. The van der Waals surface area contributed by atoms with Gasteiger partial charge in [0, 0.05) is 7.85 Å². The van der Waals surface area contributed by atoms with Crippen molar-refractivity contribution in [3.63, 3.8) is 0 Å². The van der Waals surface area contributed by atoms with Crippen LogP contribution in [0.3, 0.4) is 0 Å². The number of ether oxygens (including phenoxy) is 1. The van der Waals surface area contributed by atoms with Crippen molar-refractivity contribution in [1.29, 1.82) is 0 Å². The van der Waals surface area contributed by atoms with Gasteiger partial charge in [0.15, 0.2) is 0 Å². The molecule has 0 radical (unpaired) electrons. The molecule has 1 nitrogen and oxygen atoms in total. The maximum atomic E-state index is 5.90. The third-order valence-electron chi connectivity index (χ3n) is 4.46. The second kappa shape index (κ2) is 12.4. The van der Waals surface area contributed by atoms with Crippen molar-refractivity contribution >= 4 is 0 Å². The Labute approximate surface area is 149 Å². The van der Waals surface area contributed by atoms with Crippen molar-refractivity contribution < 1.29 is 6.16 Å². The van der Waals surface area contributed by atoms with Gasteiger partial charge in [-0.3, -0.25) is 0 Å². The monoisotopic (exact) mass is 326 g/mol. The van der Waals surface area contributed by atoms with Gasteiger partial charge in [-0.15, -0.1) is 13.2 Å². The first kappa shape index (κ1) is 20.1. The van der Waals surface area contributed by atoms with Gasteiger partial charge in [-0.05, 0) is 49.5 Å². The Kier molecular flexibility index (Phi) is 10.4. The molecule has 0 aliphatic heterocycles. The van der Waals surface area contributed by atoms with Crippen LogP contribution in [0.25, 0.3) is 0 Å². The van der Waals surface area contributed by atoms with Crippen LogP contribution in [0.4, 0.5) is 0 Å². The SMILES string of the molecule is C=C.C=C=C(CC1CCC(/C=C\CC)CC1)OCc1ccccc1.[HH]. The van der Waals surface area contributed by atoms with E-state index in [0.29, 0.717) is 6.61 Å². The lowest BCUT2D eigenvalue weighted by Gasteiger charge is -2.27. The van der Waals surface area contributed by atoms with Crippen molar-refractivity contribution in [1.82, 2.24) is 0 Å². The van der Waals surface area contributed by atoms with E-state index in [1.54, 1.807) is 0 Å². The molecule has 0 saturated heterocycles. The van der Waals surface area contributed by atoms with Gasteiger partial charge in [0.25, 0.3) is 0 Å². The predicted molar refractivity (Wildman–Crippen MR) is 107 cm³/mol. The maximum Gasteiger partial charge on any atom is 0.138 e. The molecule has 0 amide bonds. The fraction of sp³-hybridized carbons (Fsp3) is 0.435. The minimum Gasteiger partial charge on any atom is -0.485 e. The van der Waals surface area contributed by atoms with Crippen LogP contribution >= 0.6 is 0 Å². The maximum absolute atomic E-state index is 5.90. The predicted octanol–water partition coefficient (Wildman–Crippen LogP) is 7.08. The highest BCUT2D eigenvalue weighted by molar-refractivity contribution is 5.14. The summed E-state index contributed by atoms with van der Waals surface area (Å²) in [5.74, 6) is 2.44. The molecule has 132 valence electrons. The Morgan fingerprint density at radius 1 is 1.21 bits per heavy atom. The fourth-order valence-electron chi connectivity index (χ4n) is 3.10. The largest absolute Gasteiger partial charge is 0.485 e. The van der Waals surface area contributed by atoms with Crippen molar-refractivity contribution in [3.05, 3.63) is 79.3 Å².